The molecule has 0 aromatic carbocycles. The topological polar surface area (TPSA) is 63.9 Å². The van der Waals surface area contributed by atoms with E-state index in [1.54, 1.807) is 6.92 Å². The van der Waals surface area contributed by atoms with Gasteiger partial charge in [0, 0.05) is 44.5 Å². The number of hydrogen-bond acceptors (Lipinski definition) is 4. The van der Waals surface area contributed by atoms with Crippen LogP contribution in [0.2, 0.25) is 0 Å². The Labute approximate surface area is 142 Å². The van der Waals surface area contributed by atoms with Gasteiger partial charge in [0.15, 0.2) is 0 Å². The second-order valence-corrected chi connectivity index (χ2v) is 6.74. The van der Waals surface area contributed by atoms with Gasteiger partial charge in [0.1, 0.15) is 0 Å². The number of piperidine rings is 1. The molecule has 1 saturated heterocycles. The summed E-state index contributed by atoms with van der Waals surface area (Å²) in [5.41, 5.74) is 5.00. The van der Waals surface area contributed by atoms with Crippen LogP contribution in [0.25, 0.3) is 11.3 Å². The van der Waals surface area contributed by atoms with Gasteiger partial charge in [-0.15, -0.1) is 0 Å². The van der Waals surface area contributed by atoms with E-state index < -0.39 is 0 Å². The number of likely N-dealkylation sites (tertiary alicyclic amines) is 1. The normalized spacial score (nSPS) is 18.0. The van der Waals surface area contributed by atoms with Crippen molar-refractivity contribution in [2.45, 2.75) is 40.0 Å². The van der Waals surface area contributed by atoms with Gasteiger partial charge < -0.3 is 4.90 Å². The maximum atomic E-state index is 11.6. The van der Waals surface area contributed by atoms with Crippen molar-refractivity contribution < 1.29 is 4.79 Å². The third-order valence-electron chi connectivity index (χ3n) is 4.93. The van der Waals surface area contributed by atoms with Crippen LogP contribution in [0.15, 0.2) is 12.4 Å². The van der Waals surface area contributed by atoms with Gasteiger partial charge in [-0.25, -0.2) is 0 Å². The second kappa shape index (κ2) is 6.71. The Bertz CT molecular complexity index is 735. The molecule has 2 aromatic rings. The molecule has 1 atom stereocenters. The van der Waals surface area contributed by atoms with Crippen LogP contribution in [0, 0.1) is 19.8 Å². The summed E-state index contributed by atoms with van der Waals surface area (Å²) in [5, 5.41) is 4.44. The molecule has 1 aliphatic heterocycles. The van der Waals surface area contributed by atoms with Crippen LogP contribution in [0.1, 0.15) is 36.8 Å². The monoisotopic (exact) mass is 327 g/mol. The van der Waals surface area contributed by atoms with E-state index in [1.165, 1.54) is 0 Å². The Hall–Kier alpha value is -2.24. The molecule has 0 spiro atoms. The molecule has 0 radical (unpaired) electrons. The van der Waals surface area contributed by atoms with Gasteiger partial charge in [-0.3, -0.25) is 19.4 Å². The summed E-state index contributed by atoms with van der Waals surface area (Å²) in [4.78, 5) is 22.7. The number of carbonyl (C=O) groups is 1. The van der Waals surface area contributed by atoms with E-state index in [0.717, 1.165) is 60.7 Å². The number of aryl methyl sites for hydroxylation is 2. The quantitative estimate of drug-likeness (QED) is 0.868. The summed E-state index contributed by atoms with van der Waals surface area (Å²) in [6.07, 6.45) is 6.81. The first-order valence-corrected chi connectivity index (χ1v) is 8.52. The molecule has 2 aromatic heterocycles. The number of rotatable bonds is 3. The van der Waals surface area contributed by atoms with E-state index >= 15 is 0 Å². The second-order valence-electron chi connectivity index (χ2n) is 6.74. The van der Waals surface area contributed by atoms with Crippen molar-refractivity contribution >= 4 is 5.91 Å². The van der Waals surface area contributed by atoms with Crippen molar-refractivity contribution in [3.05, 3.63) is 29.5 Å². The first-order chi connectivity index (χ1) is 11.5. The van der Waals surface area contributed by atoms with E-state index in [2.05, 4.69) is 15.1 Å². The minimum atomic E-state index is 0.170. The molecule has 1 aliphatic rings. The Morgan fingerprint density at radius 1 is 1.29 bits per heavy atom. The molecule has 3 heterocycles. The third-order valence-corrected chi connectivity index (χ3v) is 4.93. The number of nitrogens with zero attached hydrogens (tertiary/aromatic N) is 5. The van der Waals surface area contributed by atoms with Gasteiger partial charge >= 0.3 is 0 Å². The molecule has 6 heteroatoms. The number of carbonyl (C=O) groups excluding carboxylic acids is 1. The molecule has 0 aliphatic carbocycles. The van der Waals surface area contributed by atoms with Gasteiger partial charge in [-0.1, -0.05) is 0 Å². The molecule has 24 heavy (non-hydrogen) atoms. The zero-order chi connectivity index (χ0) is 17.3. The predicted molar refractivity (Wildman–Crippen MR) is 92.4 cm³/mol. The van der Waals surface area contributed by atoms with Gasteiger partial charge in [-0.05, 0) is 39.0 Å². The van der Waals surface area contributed by atoms with Crippen molar-refractivity contribution in [3.63, 3.8) is 0 Å². The number of hydrogen-bond donors (Lipinski definition) is 0. The molecule has 6 nitrogen and oxygen atoms in total. The molecule has 0 unspecified atom stereocenters. The Kier molecular flexibility index (Phi) is 4.64. The Morgan fingerprint density at radius 2 is 2.08 bits per heavy atom. The summed E-state index contributed by atoms with van der Waals surface area (Å²) in [6, 6.07) is 0. The van der Waals surface area contributed by atoms with Crippen molar-refractivity contribution in [3.8, 4) is 11.3 Å². The highest BCUT2D eigenvalue weighted by molar-refractivity contribution is 5.73. The molecule has 1 fully saturated rings. The van der Waals surface area contributed by atoms with Gasteiger partial charge in [0.2, 0.25) is 5.91 Å². The Balaban J connectivity index is 1.72. The van der Waals surface area contributed by atoms with Gasteiger partial charge in [-0.2, -0.15) is 5.10 Å². The average molecular weight is 327 g/mol. The van der Waals surface area contributed by atoms with Crippen LogP contribution in [-0.2, 0) is 18.3 Å². The Morgan fingerprint density at radius 3 is 2.67 bits per heavy atom. The van der Waals surface area contributed by atoms with Gasteiger partial charge in [0.25, 0.3) is 0 Å². The fourth-order valence-corrected chi connectivity index (χ4v) is 3.55. The molecule has 0 N–H and O–H groups in total. The summed E-state index contributed by atoms with van der Waals surface area (Å²) < 4.78 is 1.87. The van der Waals surface area contributed by atoms with Crippen molar-refractivity contribution in [2.24, 2.45) is 13.0 Å². The summed E-state index contributed by atoms with van der Waals surface area (Å²) in [6.45, 7) is 7.41. The highest BCUT2D eigenvalue weighted by Crippen LogP contribution is 2.25. The maximum absolute atomic E-state index is 11.6. The zero-order valence-corrected chi connectivity index (χ0v) is 14.9. The van der Waals surface area contributed by atoms with E-state index in [4.69, 9.17) is 0 Å². The fourth-order valence-electron chi connectivity index (χ4n) is 3.55. The molecular formula is C18H25N5O. The van der Waals surface area contributed by atoms with Crippen LogP contribution < -0.4 is 0 Å². The summed E-state index contributed by atoms with van der Waals surface area (Å²) in [5.74, 6) is 0.647. The molecular weight excluding hydrogens is 302 g/mol. The smallest absolute Gasteiger partial charge is 0.219 e. The van der Waals surface area contributed by atoms with E-state index in [9.17, 15) is 4.79 Å². The van der Waals surface area contributed by atoms with Crippen LogP contribution >= 0.6 is 0 Å². The van der Waals surface area contributed by atoms with E-state index in [1.807, 2.05) is 42.9 Å². The van der Waals surface area contributed by atoms with Crippen LogP contribution in [0.3, 0.4) is 0 Å². The SMILES string of the molecule is CC(=O)N1CCC[C@H](Cc2cnc(-c3c(C)nn(C)c3C)cn2)C1. The number of amides is 1. The third kappa shape index (κ3) is 3.32. The molecule has 0 bridgehead atoms. The van der Waals surface area contributed by atoms with Crippen molar-refractivity contribution in [1.29, 1.82) is 0 Å². The standard InChI is InChI=1S/C18H25N5O/c1-12-18(13(2)22(4)21-12)17-10-19-16(9-20-17)8-15-6-5-7-23(11-15)14(3)24/h9-10,15H,5-8,11H2,1-4H3/t15-/m1/s1. The fraction of sp³-hybridized carbons (Fsp3) is 0.556. The molecule has 1 amide bonds. The predicted octanol–water partition coefficient (Wildman–Crippen LogP) is 2.29. The summed E-state index contributed by atoms with van der Waals surface area (Å²) in [7, 11) is 1.94. The summed E-state index contributed by atoms with van der Waals surface area (Å²) >= 11 is 0. The molecule has 128 valence electrons. The lowest BCUT2D eigenvalue weighted by Gasteiger charge is -2.31. The lowest BCUT2D eigenvalue weighted by atomic mass is 9.93. The van der Waals surface area contributed by atoms with E-state index in [0.29, 0.717) is 5.92 Å². The lowest BCUT2D eigenvalue weighted by Crippen LogP contribution is -2.39. The average Bonchev–Trinajstić information content (AvgIpc) is 2.81. The minimum absolute atomic E-state index is 0.170. The largest absolute Gasteiger partial charge is 0.343 e. The number of aromatic nitrogens is 4. The highest BCUT2D eigenvalue weighted by Gasteiger charge is 2.22. The lowest BCUT2D eigenvalue weighted by molar-refractivity contribution is -0.130. The maximum Gasteiger partial charge on any atom is 0.219 e. The van der Waals surface area contributed by atoms with Crippen molar-refractivity contribution in [1.82, 2.24) is 24.6 Å². The van der Waals surface area contributed by atoms with Gasteiger partial charge in [0.05, 0.1) is 23.3 Å². The van der Waals surface area contributed by atoms with E-state index in [-0.39, 0.29) is 5.91 Å². The van der Waals surface area contributed by atoms with Crippen LogP contribution in [-0.4, -0.2) is 43.6 Å². The minimum Gasteiger partial charge on any atom is -0.343 e. The van der Waals surface area contributed by atoms with Crippen molar-refractivity contribution in [2.75, 3.05) is 13.1 Å². The first kappa shape index (κ1) is 16.6. The van der Waals surface area contributed by atoms with Crippen LogP contribution in [0.4, 0.5) is 0 Å². The molecule has 3 rings (SSSR count). The zero-order valence-electron chi connectivity index (χ0n) is 14.9. The highest BCUT2D eigenvalue weighted by atomic mass is 16.2. The molecule has 0 saturated carbocycles. The first-order valence-electron chi connectivity index (χ1n) is 8.52. The van der Waals surface area contributed by atoms with Crippen LogP contribution in [0.5, 0.6) is 0 Å².